The van der Waals surface area contributed by atoms with Gasteiger partial charge in [-0.15, -0.1) is 0 Å². The van der Waals surface area contributed by atoms with Crippen LogP contribution in [-0.4, -0.2) is 24.7 Å². The second-order valence-corrected chi connectivity index (χ2v) is 4.53. The van der Waals surface area contributed by atoms with E-state index in [4.69, 9.17) is 0 Å². The summed E-state index contributed by atoms with van der Waals surface area (Å²) in [5.74, 6) is 0. The highest BCUT2D eigenvalue weighted by atomic mass is 16.1. The van der Waals surface area contributed by atoms with Gasteiger partial charge >= 0.3 is 0 Å². The molecule has 0 spiro atoms. The van der Waals surface area contributed by atoms with E-state index in [-0.39, 0.29) is 11.5 Å². The molecule has 0 aliphatic heterocycles. The van der Waals surface area contributed by atoms with Crippen molar-refractivity contribution in [3.8, 4) is 0 Å². The molecule has 84 valence electrons. The maximum absolute atomic E-state index is 9.97. The molecule has 1 unspecified atom stereocenters. The smallest absolute Gasteiger partial charge is 0.211 e. The molecule has 0 aliphatic carbocycles. The third-order valence-corrected chi connectivity index (χ3v) is 2.32. The van der Waals surface area contributed by atoms with Crippen LogP contribution in [0.4, 0.5) is 0 Å². The van der Waals surface area contributed by atoms with Crippen LogP contribution in [0.2, 0.25) is 0 Å². The maximum Gasteiger partial charge on any atom is 0.235 e. The van der Waals surface area contributed by atoms with Gasteiger partial charge in [0.15, 0.2) is 0 Å². The summed E-state index contributed by atoms with van der Waals surface area (Å²) in [7, 11) is 0. The summed E-state index contributed by atoms with van der Waals surface area (Å²) in [5, 5.41) is 0. The van der Waals surface area contributed by atoms with Crippen LogP contribution in [0.1, 0.15) is 40.0 Å². The van der Waals surface area contributed by atoms with Crippen molar-refractivity contribution >= 4 is 12.2 Å². The molecule has 4 heteroatoms. The molecule has 0 aromatic carbocycles. The molecule has 0 saturated heterocycles. The number of isocyanates is 2. The van der Waals surface area contributed by atoms with Gasteiger partial charge in [0.05, 0.1) is 12.6 Å². The highest BCUT2D eigenvalue weighted by Crippen LogP contribution is 2.24. The standard InChI is InChI=1S/C11H18N2O2/c1-10(13-9-15)5-4-6-11(2,3)7-12-8-14/h10H,4-7H2,1-3H3. The monoisotopic (exact) mass is 210 g/mol. The fourth-order valence-corrected chi connectivity index (χ4v) is 1.36. The van der Waals surface area contributed by atoms with Crippen molar-refractivity contribution < 1.29 is 9.59 Å². The van der Waals surface area contributed by atoms with Gasteiger partial charge in [0, 0.05) is 0 Å². The largest absolute Gasteiger partial charge is 0.235 e. The fraction of sp³-hybridized carbons (Fsp3) is 0.818. The van der Waals surface area contributed by atoms with Crippen LogP contribution in [0.15, 0.2) is 9.98 Å². The Hall–Kier alpha value is -1.24. The summed E-state index contributed by atoms with van der Waals surface area (Å²) in [6, 6.07) is 0.0351. The Morgan fingerprint density at radius 3 is 2.47 bits per heavy atom. The van der Waals surface area contributed by atoms with E-state index in [0.717, 1.165) is 19.3 Å². The van der Waals surface area contributed by atoms with Gasteiger partial charge in [0.2, 0.25) is 12.2 Å². The minimum Gasteiger partial charge on any atom is -0.211 e. The Morgan fingerprint density at radius 2 is 1.93 bits per heavy atom. The molecule has 0 amide bonds. The molecule has 1 atom stereocenters. The zero-order valence-corrected chi connectivity index (χ0v) is 9.62. The third-order valence-electron chi connectivity index (χ3n) is 2.32. The maximum atomic E-state index is 9.97. The zero-order chi connectivity index (χ0) is 11.7. The van der Waals surface area contributed by atoms with Crippen LogP contribution in [0.25, 0.3) is 0 Å². The molecule has 0 radical (unpaired) electrons. The SMILES string of the molecule is CC(CCCC(C)(C)CN=C=O)N=C=O. The second-order valence-electron chi connectivity index (χ2n) is 4.53. The Kier molecular flexibility index (Phi) is 6.52. The van der Waals surface area contributed by atoms with Crippen LogP contribution >= 0.6 is 0 Å². The van der Waals surface area contributed by atoms with Gasteiger partial charge in [-0.2, -0.15) is 0 Å². The van der Waals surface area contributed by atoms with Crippen molar-refractivity contribution in [3.05, 3.63) is 0 Å². The summed E-state index contributed by atoms with van der Waals surface area (Å²) in [6.07, 6.45) is 5.89. The van der Waals surface area contributed by atoms with Crippen molar-refractivity contribution in [1.29, 1.82) is 0 Å². The first kappa shape index (κ1) is 13.8. The Bertz CT molecular complexity index is 274. The number of rotatable bonds is 7. The molecule has 0 aliphatic rings. The molecule has 0 aromatic heterocycles. The summed E-state index contributed by atoms with van der Waals surface area (Å²) in [6.45, 7) is 6.51. The third kappa shape index (κ3) is 7.80. The summed E-state index contributed by atoms with van der Waals surface area (Å²) in [4.78, 5) is 27.1. The number of nitrogens with zero attached hydrogens (tertiary/aromatic N) is 2. The van der Waals surface area contributed by atoms with Gasteiger partial charge in [-0.25, -0.2) is 19.6 Å². The van der Waals surface area contributed by atoms with Gasteiger partial charge in [0.25, 0.3) is 0 Å². The van der Waals surface area contributed by atoms with E-state index in [9.17, 15) is 9.59 Å². The molecular formula is C11H18N2O2. The van der Waals surface area contributed by atoms with Crippen molar-refractivity contribution in [2.75, 3.05) is 6.54 Å². The van der Waals surface area contributed by atoms with E-state index in [1.54, 1.807) is 12.2 Å². The number of hydrogen-bond acceptors (Lipinski definition) is 4. The minimum absolute atomic E-state index is 0.0159. The van der Waals surface area contributed by atoms with Gasteiger partial charge in [-0.05, 0) is 25.2 Å². The van der Waals surface area contributed by atoms with Crippen LogP contribution in [0.5, 0.6) is 0 Å². The number of aliphatic imine (C=N–C) groups is 2. The lowest BCUT2D eigenvalue weighted by atomic mass is 9.87. The van der Waals surface area contributed by atoms with Crippen LogP contribution in [0, 0.1) is 5.41 Å². The summed E-state index contributed by atoms with van der Waals surface area (Å²) >= 11 is 0. The van der Waals surface area contributed by atoms with Crippen molar-refractivity contribution in [3.63, 3.8) is 0 Å². The molecule has 4 nitrogen and oxygen atoms in total. The number of carbonyl (C=O) groups excluding carboxylic acids is 2. The molecule has 0 saturated carbocycles. The minimum atomic E-state index is 0.0159. The van der Waals surface area contributed by atoms with Crippen molar-refractivity contribution in [2.24, 2.45) is 15.4 Å². The van der Waals surface area contributed by atoms with Crippen LogP contribution < -0.4 is 0 Å². The van der Waals surface area contributed by atoms with E-state index < -0.39 is 0 Å². The topological polar surface area (TPSA) is 58.9 Å². The van der Waals surface area contributed by atoms with Crippen LogP contribution in [-0.2, 0) is 9.59 Å². The second kappa shape index (κ2) is 7.10. The lowest BCUT2D eigenvalue weighted by Crippen LogP contribution is -2.16. The van der Waals surface area contributed by atoms with Gasteiger partial charge in [0.1, 0.15) is 0 Å². The van der Waals surface area contributed by atoms with E-state index in [1.165, 1.54) is 0 Å². The Labute approximate surface area is 90.5 Å². The van der Waals surface area contributed by atoms with E-state index >= 15 is 0 Å². The predicted octanol–water partition coefficient (Wildman–Crippen LogP) is 2.24. The molecule has 0 N–H and O–H groups in total. The first-order valence-corrected chi connectivity index (χ1v) is 5.12. The molecular weight excluding hydrogens is 192 g/mol. The van der Waals surface area contributed by atoms with Gasteiger partial charge in [-0.3, -0.25) is 0 Å². The first-order valence-electron chi connectivity index (χ1n) is 5.12. The Balaban J connectivity index is 3.83. The molecule has 0 heterocycles. The molecule has 0 fully saturated rings. The van der Waals surface area contributed by atoms with Crippen molar-refractivity contribution in [1.82, 2.24) is 0 Å². The normalized spacial score (nSPS) is 12.5. The molecule has 0 aromatic rings. The predicted molar refractivity (Wildman–Crippen MR) is 58.2 cm³/mol. The highest BCUT2D eigenvalue weighted by molar-refractivity contribution is 5.33. The Morgan fingerprint density at radius 1 is 1.27 bits per heavy atom. The quantitative estimate of drug-likeness (QED) is 0.478. The molecule has 15 heavy (non-hydrogen) atoms. The lowest BCUT2D eigenvalue weighted by Gasteiger charge is -2.21. The summed E-state index contributed by atoms with van der Waals surface area (Å²) < 4.78 is 0. The highest BCUT2D eigenvalue weighted by Gasteiger charge is 2.17. The average Bonchev–Trinajstić information content (AvgIpc) is 2.15. The first-order chi connectivity index (χ1) is 7.02. The average molecular weight is 210 g/mol. The number of hydrogen-bond donors (Lipinski definition) is 0. The lowest BCUT2D eigenvalue weighted by molar-refractivity contribution is 0.329. The van der Waals surface area contributed by atoms with E-state index in [0.29, 0.717) is 6.54 Å². The fourth-order valence-electron chi connectivity index (χ4n) is 1.36. The van der Waals surface area contributed by atoms with Gasteiger partial charge in [-0.1, -0.05) is 20.3 Å². The van der Waals surface area contributed by atoms with Gasteiger partial charge < -0.3 is 0 Å². The van der Waals surface area contributed by atoms with E-state index in [1.807, 2.05) is 6.92 Å². The molecule has 0 bridgehead atoms. The van der Waals surface area contributed by atoms with Crippen LogP contribution in [0.3, 0.4) is 0 Å². The van der Waals surface area contributed by atoms with Crippen molar-refractivity contribution in [2.45, 2.75) is 46.1 Å². The zero-order valence-electron chi connectivity index (χ0n) is 9.62. The van der Waals surface area contributed by atoms with E-state index in [2.05, 4.69) is 23.8 Å². The summed E-state index contributed by atoms with van der Waals surface area (Å²) in [5.41, 5.74) is 0.0159. The molecule has 0 rings (SSSR count).